The Kier molecular flexibility index (Phi) is 5.61. The molecule has 6 heteroatoms. The molecule has 0 saturated carbocycles. The van der Waals surface area contributed by atoms with Crippen molar-refractivity contribution in [2.45, 2.75) is 31.9 Å². The van der Waals surface area contributed by atoms with Crippen molar-refractivity contribution in [3.63, 3.8) is 0 Å². The fraction of sp³-hybridized carbons (Fsp3) is 0.304. The van der Waals surface area contributed by atoms with Gasteiger partial charge in [0.25, 0.3) is 0 Å². The summed E-state index contributed by atoms with van der Waals surface area (Å²) in [6.07, 6.45) is 0.758. The standard InChI is InChI=1S/C23H21NO4.K/c1-12(25)18-20-17-11-10-15-14(13-6-3-2-4-7-13)8-5-9-16(15)19(17)21(23(27)28)24(20)22(18)26;/h2-9,12,17-18,20,25H,10-11H2,1H3,(H,27,28);/q;+1/p-1/t12?,17-,18?,20?;/m0./s1. The Morgan fingerprint density at radius 2 is 1.83 bits per heavy atom. The minimum Gasteiger partial charge on any atom is -0.543 e. The predicted molar refractivity (Wildman–Crippen MR) is 101 cm³/mol. The Morgan fingerprint density at radius 1 is 1.14 bits per heavy atom. The summed E-state index contributed by atoms with van der Waals surface area (Å²) in [5.41, 5.74) is 4.87. The third kappa shape index (κ3) is 3.00. The Bertz CT molecular complexity index is 1030. The molecule has 29 heavy (non-hydrogen) atoms. The van der Waals surface area contributed by atoms with Crippen LogP contribution in [0.25, 0.3) is 16.7 Å². The molecule has 2 aromatic carbocycles. The van der Waals surface area contributed by atoms with Crippen molar-refractivity contribution in [3.8, 4) is 11.1 Å². The van der Waals surface area contributed by atoms with Gasteiger partial charge in [-0.3, -0.25) is 4.79 Å². The van der Waals surface area contributed by atoms with Crippen molar-refractivity contribution < 1.29 is 71.2 Å². The fourth-order valence-electron chi connectivity index (χ4n) is 5.34. The summed E-state index contributed by atoms with van der Waals surface area (Å²) in [4.78, 5) is 25.9. The Labute approximate surface area is 211 Å². The maximum absolute atomic E-state index is 12.6. The van der Waals surface area contributed by atoms with Crippen molar-refractivity contribution in [3.05, 3.63) is 65.4 Å². The molecule has 3 aliphatic rings. The van der Waals surface area contributed by atoms with Gasteiger partial charge in [-0.1, -0.05) is 48.5 Å². The zero-order valence-electron chi connectivity index (χ0n) is 16.5. The minimum atomic E-state index is -1.32. The van der Waals surface area contributed by atoms with E-state index in [-0.39, 0.29) is 74.9 Å². The van der Waals surface area contributed by atoms with E-state index in [0.717, 1.165) is 35.1 Å². The van der Waals surface area contributed by atoms with Crippen LogP contribution in [0.2, 0.25) is 0 Å². The van der Waals surface area contributed by atoms with E-state index in [4.69, 9.17) is 0 Å². The van der Waals surface area contributed by atoms with E-state index in [9.17, 15) is 19.8 Å². The molecule has 0 bridgehead atoms. The van der Waals surface area contributed by atoms with Crippen molar-refractivity contribution >= 4 is 17.4 Å². The summed E-state index contributed by atoms with van der Waals surface area (Å²) in [5.74, 6) is -2.26. The second kappa shape index (κ2) is 7.76. The Hall–Kier alpha value is -1.28. The van der Waals surface area contributed by atoms with E-state index in [1.165, 1.54) is 4.90 Å². The number of hydrogen-bond donors (Lipinski definition) is 1. The number of nitrogens with zero attached hydrogens (tertiary/aromatic N) is 1. The third-order valence-electron chi connectivity index (χ3n) is 6.44. The van der Waals surface area contributed by atoms with E-state index < -0.39 is 18.0 Å². The average molecular weight is 414 g/mol. The molecule has 1 aliphatic carbocycles. The molecule has 2 heterocycles. The molecular weight excluding hydrogens is 393 g/mol. The molecule has 1 N–H and O–H groups in total. The maximum Gasteiger partial charge on any atom is 1.00 e. The van der Waals surface area contributed by atoms with Crippen LogP contribution in [0.5, 0.6) is 0 Å². The molecule has 2 aromatic rings. The van der Waals surface area contributed by atoms with E-state index in [1.54, 1.807) is 6.92 Å². The molecule has 5 rings (SSSR count). The molecule has 3 unspecified atom stereocenters. The number of hydrogen-bond acceptors (Lipinski definition) is 4. The second-order valence-corrected chi connectivity index (χ2v) is 7.86. The molecule has 1 amide bonds. The summed E-state index contributed by atoms with van der Waals surface area (Å²) in [7, 11) is 0. The summed E-state index contributed by atoms with van der Waals surface area (Å²) in [6.45, 7) is 1.60. The number of carboxylic acid groups (broad SMARTS) is 1. The zero-order chi connectivity index (χ0) is 19.6. The van der Waals surface area contributed by atoms with Gasteiger partial charge in [0.1, 0.15) is 0 Å². The quantitative estimate of drug-likeness (QED) is 0.496. The van der Waals surface area contributed by atoms with Gasteiger partial charge >= 0.3 is 51.4 Å². The third-order valence-corrected chi connectivity index (χ3v) is 6.44. The van der Waals surface area contributed by atoms with Crippen molar-refractivity contribution in [1.82, 2.24) is 4.90 Å². The zero-order valence-corrected chi connectivity index (χ0v) is 19.6. The van der Waals surface area contributed by atoms with Gasteiger partial charge in [0.05, 0.1) is 29.7 Å². The molecule has 1 saturated heterocycles. The maximum atomic E-state index is 12.6. The molecule has 0 radical (unpaired) electrons. The first kappa shape index (κ1) is 21.0. The normalized spacial score (nSPS) is 25.4. The van der Waals surface area contributed by atoms with Crippen molar-refractivity contribution in [1.29, 1.82) is 0 Å². The molecule has 0 spiro atoms. The van der Waals surface area contributed by atoms with Gasteiger partial charge in [0.2, 0.25) is 5.91 Å². The van der Waals surface area contributed by atoms with Crippen LogP contribution in [0.15, 0.2) is 54.2 Å². The molecule has 142 valence electrons. The van der Waals surface area contributed by atoms with E-state index in [0.29, 0.717) is 5.57 Å². The number of carbonyl (C=O) groups is 2. The summed E-state index contributed by atoms with van der Waals surface area (Å²) in [6, 6.07) is 15.7. The van der Waals surface area contributed by atoms with Gasteiger partial charge in [0.15, 0.2) is 0 Å². The van der Waals surface area contributed by atoms with Gasteiger partial charge in [-0.25, -0.2) is 0 Å². The summed E-state index contributed by atoms with van der Waals surface area (Å²) < 4.78 is 0. The molecule has 1 fully saturated rings. The van der Waals surface area contributed by atoms with Crippen LogP contribution in [-0.4, -0.2) is 34.0 Å². The van der Waals surface area contributed by atoms with Gasteiger partial charge < -0.3 is 19.9 Å². The number of β-lactam (4-membered cyclic amide) rings is 1. The smallest absolute Gasteiger partial charge is 0.543 e. The van der Waals surface area contributed by atoms with Gasteiger partial charge in [-0.15, -0.1) is 0 Å². The van der Waals surface area contributed by atoms with Crippen molar-refractivity contribution in [2.24, 2.45) is 11.8 Å². The topological polar surface area (TPSA) is 80.7 Å². The number of amides is 1. The second-order valence-electron chi connectivity index (χ2n) is 7.86. The largest absolute Gasteiger partial charge is 1.00 e. The molecule has 4 atom stereocenters. The summed E-state index contributed by atoms with van der Waals surface area (Å²) >= 11 is 0. The number of carbonyl (C=O) groups excluding carboxylic acids is 2. The number of fused-ring (bicyclic) bond motifs is 5. The first-order chi connectivity index (χ1) is 13.5. The number of rotatable bonds is 3. The number of aliphatic hydroxyl groups is 1. The molecular formula is C23H20KNO4. The van der Waals surface area contributed by atoms with Crippen LogP contribution < -0.4 is 56.5 Å². The molecule has 2 aliphatic heterocycles. The number of carboxylic acids is 1. The van der Waals surface area contributed by atoms with Crippen LogP contribution in [0.3, 0.4) is 0 Å². The molecule has 0 aromatic heterocycles. The minimum absolute atomic E-state index is 0. The Balaban J connectivity index is 0.00000205. The van der Waals surface area contributed by atoms with Gasteiger partial charge in [-0.05, 0) is 47.6 Å². The number of benzene rings is 2. The van der Waals surface area contributed by atoms with Crippen LogP contribution in [-0.2, 0) is 16.0 Å². The van der Waals surface area contributed by atoms with E-state index in [1.807, 2.05) is 42.5 Å². The van der Waals surface area contributed by atoms with Gasteiger partial charge in [-0.2, -0.15) is 0 Å². The van der Waals surface area contributed by atoms with Crippen LogP contribution in [0, 0.1) is 11.8 Å². The van der Waals surface area contributed by atoms with Gasteiger partial charge in [0, 0.05) is 5.92 Å². The number of aliphatic hydroxyl groups excluding tert-OH is 1. The first-order valence-corrected chi connectivity index (χ1v) is 9.65. The van der Waals surface area contributed by atoms with E-state index >= 15 is 0 Å². The first-order valence-electron chi connectivity index (χ1n) is 9.65. The predicted octanol–water partition coefficient (Wildman–Crippen LogP) is -1.40. The van der Waals surface area contributed by atoms with Crippen molar-refractivity contribution in [2.75, 3.05) is 0 Å². The Morgan fingerprint density at radius 3 is 2.48 bits per heavy atom. The monoisotopic (exact) mass is 413 g/mol. The van der Waals surface area contributed by atoms with E-state index in [2.05, 4.69) is 6.07 Å². The fourth-order valence-corrected chi connectivity index (χ4v) is 5.34. The number of aliphatic carboxylic acids is 1. The van der Waals surface area contributed by atoms with Crippen LogP contribution in [0.1, 0.15) is 24.5 Å². The SMILES string of the molecule is CC(O)C1C(=O)N2C(C(=O)[O-])=C3c4cccc(-c5ccccc5)c4CC[C@@H]3C12.[K+]. The summed E-state index contributed by atoms with van der Waals surface area (Å²) in [5, 5.41) is 22.1. The molecule has 5 nitrogen and oxygen atoms in total. The van der Waals surface area contributed by atoms with Crippen LogP contribution in [0.4, 0.5) is 0 Å². The van der Waals surface area contributed by atoms with Crippen LogP contribution >= 0.6 is 0 Å². The average Bonchev–Trinajstić information content (AvgIpc) is 2.99.